The van der Waals surface area contributed by atoms with Crippen LogP contribution in [0.25, 0.3) is 0 Å². The Balaban J connectivity index is 1.93. The molecule has 6 heteroatoms. The highest BCUT2D eigenvalue weighted by molar-refractivity contribution is 6.09. The minimum absolute atomic E-state index is 0.00677. The lowest BCUT2D eigenvalue weighted by Gasteiger charge is -2.22. The molecule has 1 aromatic heterocycles. The summed E-state index contributed by atoms with van der Waals surface area (Å²) in [6, 6.07) is 1.90. The molecule has 92 valence electrons. The van der Waals surface area contributed by atoms with Crippen LogP contribution in [0.4, 0.5) is 0 Å². The molecule has 18 heavy (non-hydrogen) atoms. The molecule has 0 fully saturated rings. The van der Waals surface area contributed by atoms with Gasteiger partial charge in [-0.3, -0.25) is 4.98 Å². The van der Waals surface area contributed by atoms with Crippen molar-refractivity contribution in [3.63, 3.8) is 0 Å². The quantitative estimate of drug-likeness (QED) is 0.784. The number of hydrogen-bond acceptors (Lipinski definition) is 6. The zero-order valence-electron chi connectivity index (χ0n) is 9.87. The predicted molar refractivity (Wildman–Crippen MR) is 67.5 cm³/mol. The average molecular weight is 243 g/mol. The summed E-state index contributed by atoms with van der Waals surface area (Å²) in [4.78, 5) is 4.12. The SMILES string of the molecule is COc1cncc(C2=NN3C=C(N)NC3C=C2)c1. The van der Waals surface area contributed by atoms with E-state index in [0.29, 0.717) is 11.6 Å². The van der Waals surface area contributed by atoms with Crippen LogP contribution in [-0.4, -0.2) is 29.0 Å². The number of rotatable bonds is 2. The van der Waals surface area contributed by atoms with Gasteiger partial charge in [-0.15, -0.1) is 0 Å². The molecule has 0 radical (unpaired) electrons. The summed E-state index contributed by atoms with van der Waals surface area (Å²) in [5, 5.41) is 9.35. The van der Waals surface area contributed by atoms with E-state index >= 15 is 0 Å². The molecule has 0 bridgehead atoms. The number of ether oxygens (including phenoxy) is 1. The van der Waals surface area contributed by atoms with Gasteiger partial charge in [0.05, 0.1) is 25.2 Å². The fourth-order valence-electron chi connectivity index (χ4n) is 1.89. The zero-order valence-corrected chi connectivity index (χ0v) is 9.87. The standard InChI is InChI=1S/C12H13N5O/c1-18-9-4-8(5-14-6-9)10-2-3-12-15-11(13)7-17(12)16-10/h2-7,12,15H,13H2,1H3. The summed E-state index contributed by atoms with van der Waals surface area (Å²) in [5.74, 6) is 1.32. The summed E-state index contributed by atoms with van der Waals surface area (Å²) in [6.07, 6.45) is 9.13. The minimum atomic E-state index is 0.00677. The fourth-order valence-corrected chi connectivity index (χ4v) is 1.89. The van der Waals surface area contributed by atoms with E-state index in [4.69, 9.17) is 10.5 Å². The highest BCUT2D eigenvalue weighted by Gasteiger charge is 2.23. The molecular formula is C12H13N5O. The van der Waals surface area contributed by atoms with Crippen LogP contribution >= 0.6 is 0 Å². The fraction of sp³-hybridized carbons (Fsp3) is 0.167. The van der Waals surface area contributed by atoms with Gasteiger partial charge in [0.25, 0.3) is 0 Å². The average Bonchev–Trinajstić information content (AvgIpc) is 2.77. The summed E-state index contributed by atoms with van der Waals surface area (Å²) < 4.78 is 5.15. The van der Waals surface area contributed by atoms with Crippen molar-refractivity contribution >= 4 is 5.71 Å². The van der Waals surface area contributed by atoms with E-state index in [2.05, 4.69) is 15.4 Å². The van der Waals surface area contributed by atoms with Gasteiger partial charge in [0, 0.05) is 11.8 Å². The van der Waals surface area contributed by atoms with Crippen molar-refractivity contribution in [2.45, 2.75) is 6.17 Å². The van der Waals surface area contributed by atoms with E-state index in [9.17, 15) is 0 Å². The molecule has 3 N–H and O–H groups in total. The maximum Gasteiger partial charge on any atom is 0.141 e. The smallest absolute Gasteiger partial charge is 0.141 e. The van der Waals surface area contributed by atoms with Gasteiger partial charge in [0.1, 0.15) is 17.7 Å². The minimum Gasteiger partial charge on any atom is -0.495 e. The molecule has 3 rings (SSSR count). The summed E-state index contributed by atoms with van der Waals surface area (Å²) in [5.41, 5.74) is 7.43. The van der Waals surface area contributed by atoms with Crippen LogP contribution < -0.4 is 15.8 Å². The highest BCUT2D eigenvalue weighted by Crippen LogP contribution is 2.18. The highest BCUT2D eigenvalue weighted by atomic mass is 16.5. The van der Waals surface area contributed by atoms with Crippen LogP contribution in [0.1, 0.15) is 5.56 Å². The first kappa shape index (κ1) is 10.6. The summed E-state index contributed by atoms with van der Waals surface area (Å²) >= 11 is 0. The Labute approximate surface area is 104 Å². The second kappa shape index (κ2) is 4.06. The third kappa shape index (κ3) is 1.77. The number of aromatic nitrogens is 1. The van der Waals surface area contributed by atoms with Crippen molar-refractivity contribution in [2.75, 3.05) is 7.11 Å². The number of nitrogens with one attached hydrogen (secondary N) is 1. The lowest BCUT2D eigenvalue weighted by Crippen LogP contribution is -2.35. The van der Waals surface area contributed by atoms with Crippen LogP contribution in [0.3, 0.4) is 0 Å². The van der Waals surface area contributed by atoms with Gasteiger partial charge in [-0.25, -0.2) is 5.01 Å². The number of nitrogens with zero attached hydrogens (tertiary/aromatic N) is 3. The predicted octanol–water partition coefficient (Wildman–Crippen LogP) is 0.353. The van der Waals surface area contributed by atoms with E-state index < -0.39 is 0 Å². The summed E-state index contributed by atoms with van der Waals surface area (Å²) in [7, 11) is 1.61. The van der Waals surface area contributed by atoms with Gasteiger partial charge in [-0.1, -0.05) is 0 Å². The van der Waals surface area contributed by atoms with Crippen molar-refractivity contribution in [2.24, 2.45) is 10.8 Å². The molecule has 1 aromatic rings. The first-order chi connectivity index (χ1) is 8.76. The number of fused-ring (bicyclic) bond motifs is 1. The molecule has 6 nitrogen and oxygen atoms in total. The van der Waals surface area contributed by atoms with E-state index in [1.165, 1.54) is 0 Å². The van der Waals surface area contributed by atoms with Crippen molar-refractivity contribution in [3.8, 4) is 5.75 Å². The maximum absolute atomic E-state index is 5.70. The number of hydrazone groups is 1. The molecule has 0 aromatic carbocycles. The molecule has 0 aliphatic carbocycles. The Kier molecular flexibility index (Phi) is 2.40. The monoisotopic (exact) mass is 243 g/mol. The molecule has 3 heterocycles. The molecule has 0 spiro atoms. The molecule has 2 aliphatic heterocycles. The van der Waals surface area contributed by atoms with E-state index in [-0.39, 0.29) is 6.17 Å². The second-order valence-corrected chi connectivity index (χ2v) is 4.01. The Morgan fingerprint density at radius 1 is 1.44 bits per heavy atom. The molecule has 2 aliphatic rings. The zero-order chi connectivity index (χ0) is 12.5. The molecule has 0 saturated heterocycles. The van der Waals surface area contributed by atoms with E-state index in [0.717, 1.165) is 11.3 Å². The second-order valence-electron chi connectivity index (χ2n) is 4.01. The maximum atomic E-state index is 5.70. The first-order valence-corrected chi connectivity index (χ1v) is 5.54. The van der Waals surface area contributed by atoms with Crippen molar-refractivity contribution in [1.82, 2.24) is 15.3 Å². The van der Waals surface area contributed by atoms with Gasteiger partial charge in [-0.05, 0) is 18.2 Å². The summed E-state index contributed by atoms with van der Waals surface area (Å²) in [6.45, 7) is 0. The van der Waals surface area contributed by atoms with Crippen molar-refractivity contribution in [3.05, 3.63) is 48.2 Å². The van der Waals surface area contributed by atoms with Crippen LogP contribution in [0.2, 0.25) is 0 Å². The third-order valence-electron chi connectivity index (χ3n) is 2.78. The van der Waals surface area contributed by atoms with E-state index in [1.807, 2.05) is 18.2 Å². The van der Waals surface area contributed by atoms with Gasteiger partial charge >= 0.3 is 0 Å². The molecule has 0 amide bonds. The number of pyridine rings is 1. The molecular weight excluding hydrogens is 230 g/mol. The van der Waals surface area contributed by atoms with Gasteiger partial charge in [0.15, 0.2) is 0 Å². The van der Waals surface area contributed by atoms with Gasteiger partial charge in [-0.2, -0.15) is 5.10 Å². The molecule has 0 saturated carbocycles. The van der Waals surface area contributed by atoms with Crippen LogP contribution in [-0.2, 0) is 0 Å². The number of nitrogens with two attached hydrogens (primary N) is 1. The van der Waals surface area contributed by atoms with Crippen LogP contribution in [0, 0.1) is 0 Å². The number of allylic oxidation sites excluding steroid dienone is 1. The lowest BCUT2D eigenvalue weighted by molar-refractivity contribution is 0.337. The first-order valence-electron chi connectivity index (χ1n) is 5.54. The third-order valence-corrected chi connectivity index (χ3v) is 2.78. The Hall–Kier alpha value is -2.50. The molecule has 1 atom stereocenters. The largest absolute Gasteiger partial charge is 0.495 e. The van der Waals surface area contributed by atoms with Crippen LogP contribution in [0.5, 0.6) is 5.75 Å². The topological polar surface area (TPSA) is 75.8 Å². The lowest BCUT2D eigenvalue weighted by atomic mass is 10.1. The van der Waals surface area contributed by atoms with Crippen molar-refractivity contribution in [1.29, 1.82) is 0 Å². The van der Waals surface area contributed by atoms with Crippen molar-refractivity contribution < 1.29 is 4.74 Å². The van der Waals surface area contributed by atoms with Gasteiger partial charge in [0.2, 0.25) is 0 Å². The molecule has 1 unspecified atom stereocenters. The number of hydrogen-bond donors (Lipinski definition) is 2. The Bertz CT molecular complexity index is 563. The number of methoxy groups -OCH3 is 1. The van der Waals surface area contributed by atoms with Gasteiger partial charge < -0.3 is 15.8 Å². The Morgan fingerprint density at radius 2 is 2.33 bits per heavy atom. The normalized spacial score (nSPS) is 20.9. The Morgan fingerprint density at radius 3 is 3.17 bits per heavy atom. The van der Waals surface area contributed by atoms with Crippen LogP contribution in [0.15, 0.2) is 47.7 Å². The van der Waals surface area contributed by atoms with E-state index in [1.54, 1.807) is 30.7 Å².